The molecule has 0 aromatic rings. The summed E-state index contributed by atoms with van der Waals surface area (Å²) in [6.07, 6.45) is 5.07. The van der Waals surface area contributed by atoms with Gasteiger partial charge in [-0.2, -0.15) is 0 Å². The molecule has 76 valence electrons. The van der Waals surface area contributed by atoms with Crippen LogP contribution in [0.1, 0.15) is 39.5 Å². The van der Waals surface area contributed by atoms with Crippen molar-refractivity contribution in [2.45, 2.75) is 45.6 Å². The number of rotatable bonds is 2. The summed E-state index contributed by atoms with van der Waals surface area (Å²) in [7, 11) is 0. The molecule has 13 heavy (non-hydrogen) atoms. The molecule has 0 saturated carbocycles. The van der Waals surface area contributed by atoms with Crippen molar-refractivity contribution in [2.24, 2.45) is 0 Å². The van der Waals surface area contributed by atoms with Gasteiger partial charge >= 0.3 is 0 Å². The van der Waals surface area contributed by atoms with Gasteiger partial charge in [-0.25, -0.2) is 0 Å². The van der Waals surface area contributed by atoms with Crippen LogP contribution in [0.3, 0.4) is 0 Å². The number of piperidine rings is 1. The highest BCUT2D eigenvalue weighted by Gasteiger charge is 2.19. The van der Waals surface area contributed by atoms with E-state index in [0.29, 0.717) is 6.04 Å². The third kappa shape index (κ3) is 3.14. The molecule has 1 saturated heterocycles. The van der Waals surface area contributed by atoms with Crippen molar-refractivity contribution in [3.8, 4) is 0 Å². The van der Waals surface area contributed by atoms with Crippen molar-refractivity contribution >= 4 is 17.3 Å². The van der Waals surface area contributed by atoms with Crippen LogP contribution in [0, 0.1) is 0 Å². The van der Waals surface area contributed by atoms with E-state index in [1.165, 1.54) is 19.3 Å². The molecule has 0 unspecified atom stereocenters. The predicted octanol–water partition coefficient (Wildman–Crippen LogP) is 2.15. The fourth-order valence-corrected chi connectivity index (χ4v) is 2.11. The monoisotopic (exact) mass is 200 g/mol. The van der Waals surface area contributed by atoms with Crippen molar-refractivity contribution in [2.75, 3.05) is 13.1 Å². The average molecular weight is 200 g/mol. The Balaban J connectivity index is 2.35. The first-order valence-corrected chi connectivity index (χ1v) is 5.71. The Morgan fingerprint density at radius 3 is 2.92 bits per heavy atom. The average Bonchev–Trinajstić information content (AvgIpc) is 2.15. The molecule has 0 radical (unpaired) electrons. The number of likely N-dealkylation sites (tertiary alicyclic amines) is 1. The lowest BCUT2D eigenvalue weighted by Gasteiger charge is -2.35. The Kier molecular flexibility index (Phi) is 4.50. The fourth-order valence-electron chi connectivity index (χ4n) is 1.73. The van der Waals surface area contributed by atoms with Crippen molar-refractivity contribution in [1.29, 1.82) is 0 Å². The number of nitrogens with one attached hydrogen (secondary N) is 1. The Hall–Kier alpha value is -0.310. The van der Waals surface area contributed by atoms with E-state index in [2.05, 4.69) is 24.1 Å². The zero-order chi connectivity index (χ0) is 9.68. The van der Waals surface area contributed by atoms with Crippen LogP contribution in [-0.4, -0.2) is 29.1 Å². The summed E-state index contributed by atoms with van der Waals surface area (Å²) in [6.45, 7) is 6.56. The zero-order valence-electron chi connectivity index (χ0n) is 8.68. The maximum absolute atomic E-state index is 5.33. The molecule has 3 heteroatoms. The highest BCUT2D eigenvalue weighted by atomic mass is 32.1. The minimum absolute atomic E-state index is 0.630. The molecule has 2 nitrogen and oxygen atoms in total. The predicted molar refractivity (Wildman–Crippen MR) is 60.9 cm³/mol. The summed E-state index contributed by atoms with van der Waals surface area (Å²) in [5.74, 6) is 0. The summed E-state index contributed by atoms with van der Waals surface area (Å²) < 4.78 is 0. The quantitative estimate of drug-likeness (QED) is 0.688. The fraction of sp³-hybridized carbons (Fsp3) is 0.900. The molecule has 1 atom stereocenters. The van der Waals surface area contributed by atoms with Crippen molar-refractivity contribution in [1.82, 2.24) is 10.2 Å². The van der Waals surface area contributed by atoms with E-state index in [9.17, 15) is 0 Å². The smallest absolute Gasteiger partial charge is 0.169 e. The molecule has 0 aromatic heterocycles. The summed E-state index contributed by atoms with van der Waals surface area (Å²) >= 11 is 5.33. The number of thiocarbonyl (C=S) groups is 1. The maximum atomic E-state index is 5.33. The Labute approximate surface area is 86.7 Å². The molecule has 0 spiro atoms. The van der Waals surface area contributed by atoms with Gasteiger partial charge in [0.25, 0.3) is 0 Å². The molecule has 1 aliphatic heterocycles. The molecular formula is C10H20N2S. The van der Waals surface area contributed by atoms with Crippen LogP contribution in [-0.2, 0) is 0 Å². The minimum Gasteiger partial charge on any atom is -0.363 e. The summed E-state index contributed by atoms with van der Waals surface area (Å²) in [5, 5.41) is 4.24. The maximum Gasteiger partial charge on any atom is 0.169 e. The standard InChI is InChI=1S/C10H20N2S/c1-3-7-11-10(13)12-8-5-4-6-9(12)2/h9H,3-8H2,1-2H3,(H,11,13)/t9-/m1/s1. The lowest BCUT2D eigenvalue weighted by Crippen LogP contribution is -2.47. The van der Waals surface area contributed by atoms with Crippen LogP contribution in [0.15, 0.2) is 0 Å². The second-order valence-electron chi connectivity index (χ2n) is 3.77. The first kappa shape index (κ1) is 10.8. The largest absolute Gasteiger partial charge is 0.363 e. The molecule has 0 bridgehead atoms. The topological polar surface area (TPSA) is 15.3 Å². The van der Waals surface area contributed by atoms with Crippen LogP contribution < -0.4 is 5.32 Å². The van der Waals surface area contributed by atoms with E-state index in [1.54, 1.807) is 0 Å². The van der Waals surface area contributed by atoms with Crippen LogP contribution in [0.25, 0.3) is 0 Å². The van der Waals surface area contributed by atoms with Gasteiger partial charge in [0.15, 0.2) is 5.11 Å². The van der Waals surface area contributed by atoms with Crippen LogP contribution in [0.5, 0.6) is 0 Å². The first-order valence-electron chi connectivity index (χ1n) is 5.30. The SMILES string of the molecule is CCCNC(=S)N1CCCC[C@H]1C. The van der Waals surface area contributed by atoms with Gasteiger partial charge in [-0.05, 0) is 44.8 Å². The van der Waals surface area contributed by atoms with Gasteiger partial charge in [0.05, 0.1) is 0 Å². The van der Waals surface area contributed by atoms with Crippen LogP contribution >= 0.6 is 12.2 Å². The van der Waals surface area contributed by atoms with E-state index in [4.69, 9.17) is 12.2 Å². The lowest BCUT2D eigenvalue weighted by atomic mass is 10.0. The van der Waals surface area contributed by atoms with Gasteiger partial charge in [-0.1, -0.05) is 6.92 Å². The van der Waals surface area contributed by atoms with Crippen molar-refractivity contribution in [3.05, 3.63) is 0 Å². The van der Waals surface area contributed by atoms with E-state index in [-0.39, 0.29) is 0 Å². The first-order chi connectivity index (χ1) is 6.25. The van der Waals surface area contributed by atoms with Gasteiger partial charge in [-0.3, -0.25) is 0 Å². The van der Waals surface area contributed by atoms with Gasteiger partial charge in [0.2, 0.25) is 0 Å². The Morgan fingerprint density at radius 2 is 2.31 bits per heavy atom. The second kappa shape index (κ2) is 5.43. The number of hydrogen-bond donors (Lipinski definition) is 1. The molecule has 0 aromatic carbocycles. The lowest BCUT2D eigenvalue weighted by molar-refractivity contribution is 0.255. The summed E-state index contributed by atoms with van der Waals surface area (Å²) in [6, 6.07) is 0.630. The Morgan fingerprint density at radius 1 is 1.54 bits per heavy atom. The van der Waals surface area contributed by atoms with E-state index in [0.717, 1.165) is 24.6 Å². The van der Waals surface area contributed by atoms with E-state index in [1.807, 2.05) is 0 Å². The normalized spacial score (nSPS) is 22.9. The molecule has 1 aliphatic rings. The van der Waals surface area contributed by atoms with Gasteiger partial charge < -0.3 is 10.2 Å². The van der Waals surface area contributed by atoms with Crippen molar-refractivity contribution < 1.29 is 0 Å². The van der Waals surface area contributed by atoms with Crippen LogP contribution in [0.4, 0.5) is 0 Å². The zero-order valence-corrected chi connectivity index (χ0v) is 9.49. The molecule has 0 aliphatic carbocycles. The molecule has 1 heterocycles. The van der Waals surface area contributed by atoms with Gasteiger partial charge in [-0.15, -0.1) is 0 Å². The molecule has 1 fully saturated rings. The van der Waals surface area contributed by atoms with Crippen molar-refractivity contribution in [3.63, 3.8) is 0 Å². The van der Waals surface area contributed by atoms with E-state index < -0.39 is 0 Å². The highest BCUT2D eigenvalue weighted by Crippen LogP contribution is 2.16. The molecule has 0 amide bonds. The molecule has 1 N–H and O–H groups in total. The highest BCUT2D eigenvalue weighted by molar-refractivity contribution is 7.80. The number of nitrogens with zero attached hydrogens (tertiary/aromatic N) is 1. The third-order valence-corrected chi connectivity index (χ3v) is 2.97. The van der Waals surface area contributed by atoms with Crippen LogP contribution in [0.2, 0.25) is 0 Å². The summed E-state index contributed by atoms with van der Waals surface area (Å²) in [5.41, 5.74) is 0. The third-order valence-electron chi connectivity index (χ3n) is 2.59. The van der Waals surface area contributed by atoms with Gasteiger partial charge in [0, 0.05) is 19.1 Å². The second-order valence-corrected chi connectivity index (χ2v) is 4.16. The Bertz CT molecular complexity index is 170. The minimum atomic E-state index is 0.630. The molecular weight excluding hydrogens is 180 g/mol. The molecule has 1 rings (SSSR count). The van der Waals surface area contributed by atoms with E-state index >= 15 is 0 Å². The van der Waals surface area contributed by atoms with Gasteiger partial charge in [0.1, 0.15) is 0 Å². The summed E-state index contributed by atoms with van der Waals surface area (Å²) in [4.78, 5) is 2.33. The number of hydrogen-bond acceptors (Lipinski definition) is 1.